The number of ether oxygens (including phenoxy) is 2. The van der Waals surface area contributed by atoms with E-state index in [1.165, 1.54) is 13.2 Å². The Hall–Kier alpha value is -3.28. The molecule has 0 saturated carbocycles. The molecule has 0 spiro atoms. The molecule has 0 saturated heterocycles. The molecule has 0 aliphatic rings. The molecule has 0 atom stereocenters. The Bertz CT molecular complexity index is 1050. The fraction of sp³-hybridized carbons (Fsp3) is 0.200. The Kier molecular flexibility index (Phi) is 4.67. The van der Waals surface area contributed by atoms with Gasteiger partial charge in [0.2, 0.25) is 0 Å². The van der Waals surface area contributed by atoms with Crippen LogP contribution in [0.3, 0.4) is 0 Å². The average Bonchev–Trinajstić information content (AvgIpc) is 2.62. The predicted octanol–water partition coefficient (Wildman–Crippen LogP) is 3.10. The molecule has 1 heterocycles. The molecule has 3 aromatic rings. The summed E-state index contributed by atoms with van der Waals surface area (Å²) in [6, 6.07) is 10.00. The minimum absolute atomic E-state index is 0.0814. The number of hydrogen-bond donors (Lipinski definition) is 1. The standard InChI is InChI=1S/C20H19NO5/c1-11-4-6-15-13(8-18(22)26-19(15)12(11)2)10-25-17-9-14(24-3)5-7-16(17)20(21)23/h4-9H,10H2,1-3H3,(H2,21,23). The van der Waals surface area contributed by atoms with Crippen LogP contribution in [0.15, 0.2) is 45.6 Å². The van der Waals surface area contributed by atoms with Crippen LogP contribution in [-0.4, -0.2) is 13.0 Å². The summed E-state index contributed by atoms with van der Waals surface area (Å²) >= 11 is 0. The predicted molar refractivity (Wildman–Crippen MR) is 97.8 cm³/mol. The van der Waals surface area contributed by atoms with Crippen LogP contribution in [0.1, 0.15) is 27.0 Å². The summed E-state index contributed by atoms with van der Waals surface area (Å²) in [6.07, 6.45) is 0. The Labute approximate surface area is 150 Å². The molecule has 0 aliphatic heterocycles. The van der Waals surface area contributed by atoms with Crippen molar-refractivity contribution in [1.82, 2.24) is 0 Å². The zero-order valence-electron chi connectivity index (χ0n) is 14.8. The number of nitrogens with two attached hydrogens (primary N) is 1. The third-order valence-electron chi connectivity index (χ3n) is 4.35. The number of hydrogen-bond acceptors (Lipinski definition) is 5. The highest BCUT2D eigenvalue weighted by Gasteiger charge is 2.14. The van der Waals surface area contributed by atoms with E-state index in [-0.39, 0.29) is 12.2 Å². The molecule has 1 amide bonds. The minimum atomic E-state index is -0.605. The van der Waals surface area contributed by atoms with Gasteiger partial charge in [-0.05, 0) is 37.1 Å². The quantitative estimate of drug-likeness (QED) is 0.712. The van der Waals surface area contributed by atoms with Crippen molar-refractivity contribution in [3.63, 3.8) is 0 Å². The Morgan fingerprint density at radius 3 is 2.62 bits per heavy atom. The molecule has 0 unspecified atom stereocenters. The van der Waals surface area contributed by atoms with Crippen molar-refractivity contribution in [1.29, 1.82) is 0 Å². The van der Waals surface area contributed by atoms with E-state index < -0.39 is 11.5 Å². The van der Waals surface area contributed by atoms with Crippen LogP contribution in [0.4, 0.5) is 0 Å². The number of benzene rings is 2. The Balaban J connectivity index is 2.02. The summed E-state index contributed by atoms with van der Waals surface area (Å²) in [5.74, 6) is 0.225. The molecule has 6 nitrogen and oxygen atoms in total. The zero-order chi connectivity index (χ0) is 18.8. The fourth-order valence-electron chi connectivity index (χ4n) is 2.75. The van der Waals surface area contributed by atoms with Gasteiger partial charge in [0.25, 0.3) is 5.91 Å². The average molecular weight is 353 g/mol. The maximum atomic E-state index is 11.9. The van der Waals surface area contributed by atoms with Crippen molar-refractivity contribution >= 4 is 16.9 Å². The molecule has 0 aliphatic carbocycles. The van der Waals surface area contributed by atoms with Crippen LogP contribution < -0.4 is 20.8 Å². The smallest absolute Gasteiger partial charge is 0.336 e. The highest BCUT2D eigenvalue weighted by Crippen LogP contribution is 2.27. The van der Waals surface area contributed by atoms with Gasteiger partial charge in [0, 0.05) is 23.1 Å². The lowest BCUT2D eigenvalue weighted by molar-refractivity contribution is 0.0996. The molecule has 26 heavy (non-hydrogen) atoms. The molecule has 0 bridgehead atoms. The van der Waals surface area contributed by atoms with Crippen LogP contribution in [0.5, 0.6) is 11.5 Å². The van der Waals surface area contributed by atoms with Gasteiger partial charge in [0.15, 0.2) is 0 Å². The number of methoxy groups -OCH3 is 1. The lowest BCUT2D eigenvalue weighted by Crippen LogP contribution is -2.13. The molecule has 0 fully saturated rings. The second-order valence-corrected chi connectivity index (χ2v) is 5.99. The summed E-state index contributed by atoms with van der Waals surface area (Å²) in [5.41, 5.74) is 8.33. The topological polar surface area (TPSA) is 91.8 Å². The summed E-state index contributed by atoms with van der Waals surface area (Å²) in [5, 5.41) is 0.788. The van der Waals surface area contributed by atoms with Crippen LogP contribution in [0.25, 0.3) is 11.0 Å². The third-order valence-corrected chi connectivity index (χ3v) is 4.35. The van der Waals surface area contributed by atoms with Crippen LogP contribution in [-0.2, 0) is 6.61 Å². The molecule has 0 radical (unpaired) electrons. The van der Waals surface area contributed by atoms with Gasteiger partial charge in [0.1, 0.15) is 23.7 Å². The van der Waals surface area contributed by atoms with Crippen molar-refractivity contribution in [2.24, 2.45) is 5.73 Å². The molecule has 1 aromatic heterocycles. The minimum Gasteiger partial charge on any atom is -0.497 e. The van der Waals surface area contributed by atoms with Crippen LogP contribution >= 0.6 is 0 Å². The highest BCUT2D eigenvalue weighted by molar-refractivity contribution is 5.95. The maximum absolute atomic E-state index is 11.9. The van der Waals surface area contributed by atoms with E-state index in [0.717, 1.165) is 16.5 Å². The lowest BCUT2D eigenvalue weighted by atomic mass is 10.0. The van der Waals surface area contributed by atoms with Gasteiger partial charge in [-0.15, -0.1) is 0 Å². The third kappa shape index (κ3) is 3.26. The van der Waals surface area contributed by atoms with Crippen molar-refractivity contribution in [3.8, 4) is 11.5 Å². The molecule has 134 valence electrons. The highest BCUT2D eigenvalue weighted by atomic mass is 16.5. The summed E-state index contributed by atoms with van der Waals surface area (Å²) < 4.78 is 16.3. The molecule has 2 aromatic carbocycles. The van der Waals surface area contributed by atoms with Crippen molar-refractivity contribution in [3.05, 3.63) is 69.1 Å². The van der Waals surface area contributed by atoms with E-state index in [4.69, 9.17) is 19.6 Å². The second-order valence-electron chi connectivity index (χ2n) is 5.99. The molecule has 2 N–H and O–H groups in total. The van der Waals surface area contributed by atoms with Gasteiger partial charge in [-0.1, -0.05) is 12.1 Å². The van der Waals surface area contributed by atoms with Gasteiger partial charge >= 0.3 is 5.63 Å². The van der Waals surface area contributed by atoms with E-state index in [2.05, 4.69) is 0 Å². The van der Waals surface area contributed by atoms with Gasteiger partial charge in [-0.25, -0.2) is 4.79 Å². The van der Waals surface area contributed by atoms with E-state index in [0.29, 0.717) is 22.6 Å². The van der Waals surface area contributed by atoms with Crippen molar-refractivity contribution < 1.29 is 18.7 Å². The first-order chi connectivity index (χ1) is 12.4. The number of carbonyl (C=O) groups excluding carboxylic acids is 1. The van der Waals surface area contributed by atoms with Gasteiger partial charge in [0.05, 0.1) is 12.7 Å². The van der Waals surface area contributed by atoms with Crippen LogP contribution in [0.2, 0.25) is 0 Å². The largest absolute Gasteiger partial charge is 0.497 e. The van der Waals surface area contributed by atoms with Gasteiger partial charge in [-0.2, -0.15) is 0 Å². The van der Waals surface area contributed by atoms with E-state index >= 15 is 0 Å². The SMILES string of the molecule is COc1ccc(C(N)=O)c(OCc2cc(=O)oc3c(C)c(C)ccc23)c1. The summed E-state index contributed by atoms with van der Waals surface area (Å²) in [7, 11) is 1.52. The van der Waals surface area contributed by atoms with Crippen molar-refractivity contribution in [2.45, 2.75) is 20.5 Å². The van der Waals surface area contributed by atoms with E-state index in [1.807, 2.05) is 26.0 Å². The Morgan fingerprint density at radius 1 is 1.15 bits per heavy atom. The number of primary amides is 1. The Morgan fingerprint density at radius 2 is 1.92 bits per heavy atom. The number of amides is 1. The fourth-order valence-corrected chi connectivity index (χ4v) is 2.75. The summed E-state index contributed by atoms with van der Waals surface area (Å²) in [4.78, 5) is 23.6. The van der Waals surface area contributed by atoms with Crippen LogP contribution in [0, 0.1) is 13.8 Å². The number of fused-ring (bicyclic) bond motifs is 1. The molecular weight excluding hydrogens is 334 g/mol. The molecule has 3 rings (SSSR count). The first-order valence-corrected chi connectivity index (χ1v) is 8.04. The first kappa shape index (κ1) is 17.5. The number of carbonyl (C=O) groups is 1. The maximum Gasteiger partial charge on any atom is 0.336 e. The van der Waals surface area contributed by atoms with Crippen molar-refractivity contribution in [2.75, 3.05) is 7.11 Å². The number of rotatable bonds is 5. The molecular formula is C20H19NO5. The second kappa shape index (κ2) is 6.92. The lowest BCUT2D eigenvalue weighted by Gasteiger charge is -2.13. The normalized spacial score (nSPS) is 10.7. The first-order valence-electron chi connectivity index (χ1n) is 8.04. The monoisotopic (exact) mass is 353 g/mol. The number of aryl methyl sites for hydroxylation is 2. The van der Waals surface area contributed by atoms with Gasteiger partial charge in [-0.3, -0.25) is 4.79 Å². The van der Waals surface area contributed by atoms with Gasteiger partial charge < -0.3 is 19.6 Å². The molecule has 6 heteroatoms. The van der Waals surface area contributed by atoms with E-state index in [1.54, 1.807) is 18.2 Å². The zero-order valence-corrected chi connectivity index (χ0v) is 14.8. The van der Waals surface area contributed by atoms with E-state index in [9.17, 15) is 9.59 Å². The summed E-state index contributed by atoms with van der Waals surface area (Å²) in [6.45, 7) is 3.93.